The molecule has 1 fully saturated rings. The summed E-state index contributed by atoms with van der Waals surface area (Å²) in [6.07, 6.45) is 0.213. The minimum Gasteiger partial charge on any atom is -0.363 e. The first kappa shape index (κ1) is 19.7. The number of carbonyl (C=O) groups excluding carboxylic acids is 1. The van der Waals surface area contributed by atoms with Crippen LogP contribution in [0.3, 0.4) is 0 Å². The second-order valence-electron chi connectivity index (χ2n) is 6.50. The van der Waals surface area contributed by atoms with Crippen LogP contribution in [0, 0.1) is 21.7 Å². The maximum Gasteiger partial charge on any atom is 0.292 e. The molecule has 1 amide bonds. The van der Waals surface area contributed by atoms with E-state index in [9.17, 15) is 23.7 Å². The summed E-state index contributed by atoms with van der Waals surface area (Å²) in [5.74, 6) is -2.26. The number of piperazine rings is 1. The molecule has 2 aromatic carbocycles. The normalized spacial score (nSPS) is 14.7. The molecular weight excluding hydrogens is 370 g/mol. The predicted molar refractivity (Wildman–Crippen MR) is 101 cm³/mol. The van der Waals surface area contributed by atoms with E-state index >= 15 is 0 Å². The summed E-state index contributed by atoms with van der Waals surface area (Å²) < 4.78 is 26.1. The summed E-state index contributed by atoms with van der Waals surface area (Å²) in [6, 6.07) is 9.86. The zero-order chi connectivity index (χ0) is 20.1. The molecule has 3 rings (SSSR count). The average Bonchev–Trinajstić information content (AvgIpc) is 2.69. The van der Waals surface area contributed by atoms with Gasteiger partial charge in [-0.05, 0) is 18.2 Å². The molecule has 0 radical (unpaired) electrons. The van der Waals surface area contributed by atoms with E-state index in [1.54, 1.807) is 18.2 Å². The number of anilines is 2. The van der Waals surface area contributed by atoms with Crippen molar-refractivity contribution in [2.45, 2.75) is 6.42 Å². The number of nitro benzene ring substituents is 1. The Balaban J connectivity index is 1.47. The summed E-state index contributed by atoms with van der Waals surface area (Å²) in [7, 11) is 0. The van der Waals surface area contributed by atoms with Crippen molar-refractivity contribution in [2.24, 2.45) is 0 Å². The highest BCUT2D eigenvalue weighted by Crippen LogP contribution is 2.28. The standard InChI is InChI=1S/C19H20F2N4O3/c20-15-6-5-14(13-16(15)21)22-19(26)7-8-23-9-11-24(12-10-23)17-3-1-2-4-18(17)25(27)28/h1-6,13H,7-12H2,(H,22,26). The molecule has 2 aromatic rings. The largest absolute Gasteiger partial charge is 0.363 e. The van der Waals surface area contributed by atoms with Gasteiger partial charge >= 0.3 is 0 Å². The predicted octanol–water partition coefficient (Wildman–Crippen LogP) is 3.02. The van der Waals surface area contributed by atoms with Gasteiger partial charge in [0, 0.05) is 57.0 Å². The Bertz CT molecular complexity index is 870. The fourth-order valence-corrected chi connectivity index (χ4v) is 3.16. The minimum atomic E-state index is -1.01. The van der Waals surface area contributed by atoms with Crippen molar-refractivity contribution in [1.29, 1.82) is 0 Å². The minimum absolute atomic E-state index is 0.0851. The Morgan fingerprint density at radius 3 is 2.46 bits per heavy atom. The van der Waals surface area contributed by atoms with Crippen LogP contribution in [0.1, 0.15) is 6.42 Å². The van der Waals surface area contributed by atoms with Crippen molar-refractivity contribution in [3.63, 3.8) is 0 Å². The molecule has 1 saturated heterocycles. The fourth-order valence-electron chi connectivity index (χ4n) is 3.16. The van der Waals surface area contributed by atoms with Gasteiger partial charge in [0.15, 0.2) is 11.6 Å². The molecule has 1 N–H and O–H groups in total. The number of hydrogen-bond donors (Lipinski definition) is 1. The Hall–Kier alpha value is -3.07. The van der Waals surface area contributed by atoms with Crippen molar-refractivity contribution < 1.29 is 18.5 Å². The summed E-state index contributed by atoms with van der Waals surface area (Å²) in [5, 5.41) is 13.7. The number of nitrogens with zero attached hydrogens (tertiary/aromatic N) is 3. The van der Waals surface area contributed by atoms with Gasteiger partial charge < -0.3 is 10.2 Å². The SMILES string of the molecule is O=C(CCN1CCN(c2ccccc2[N+](=O)[O-])CC1)Nc1ccc(F)c(F)c1. The van der Waals surface area contributed by atoms with Crippen LogP contribution in [-0.2, 0) is 4.79 Å². The molecule has 1 aliphatic heterocycles. The van der Waals surface area contributed by atoms with Crippen LogP contribution < -0.4 is 10.2 Å². The fraction of sp³-hybridized carbons (Fsp3) is 0.316. The van der Waals surface area contributed by atoms with Gasteiger partial charge in [-0.25, -0.2) is 8.78 Å². The third kappa shape index (κ3) is 4.80. The lowest BCUT2D eigenvalue weighted by Crippen LogP contribution is -2.47. The van der Waals surface area contributed by atoms with E-state index in [1.165, 1.54) is 12.1 Å². The van der Waals surface area contributed by atoms with Gasteiger partial charge in [0.05, 0.1) is 4.92 Å². The van der Waals surface area contributed by atoms with Crippen molar-refractivity contribution in [3.8, 4) is 0 Å². The highest BCUT2D eigenvalue weighted by molar-refractivity contribution is 5.90. The quantitative estimate of drug-likeness (QED) is 0.606. The van der Waals surface area contributed by atoms with Crippen LogP contribution in [0.4, 0.5) is 25.8 Å². The van der Waals surface area contributed by atoms with Gasteiger partial charge in [-0.3, -0.25) is 19.8 Å². The summed E-state index contributed by atoms with van der Waals surface area (Å²) in [6.45, 7) is 3.10. The van der Waals surface area contributed by atoms with Crippen LogP contribution in [0.5, 0.6) is 0 Å². The zero-order valence-corrected chi connectivity index (χ0v) is 15.1. The lowest BCUT2D eigenvalue weighted by Gasteiger charge is -2.35. The number of nitrogens with one attached hydrogen (secondary N) is 1. The van der Waals surface area contributed by atoms with Gasteiger partial charge in [-0.15, -0.1) is 0 Å². The van der Waals surface area contributed by atoms with Gasteiger partial charge in [0.25, 0.3) is 5.69 Å². The van der Waals surface area contributed by atoms with Crippen LogP contribution in [0.25, 0.3) is 0 Å². The van der Waals surface area contributed by atoms with Crippen LogP contribution in [0.15, 0.2) is 42.5 Å². The number of benzene rings is 2. The molecule has 1 aliphatic rings. The Morgan fingerprint density at radius 2 is 1.79 bits per heavy atom. The van der Waals surface area contributed by atoms with E-state index in [0.29, 0.717) is 38.4 Å². The number of hydrogen-bond acceptors (Lipinski definition) is 5. The first-order valence-electron chi connectivity index (χ1n) is 8.89. The third-order valence-corrected chi connectivity index (χ3v) is 4.65. The molecule has 0 spiro atoms. The second-order valence-corrected chi connectivity index (χ2v) is 6.50. The Labute approximate surface area is 160 Å². The van der Waals surface area contributed by atoms with Gasteiger partial charge in [0.2, 0.25) is 5.91 Å². The molecular formula is C19H20F2N4O3. The van der Waals surface area contributed by atoms with Crippen LogP contribution in [-0.4, -0.2) is 48.5 Å². The monoisotopic (exact) mass is 390 g/mol. The highest BCUT2D eigenvalue weighted by Gasteiger charge is 2.23. The van der Waals surface area contributed by atoms with E-state index < -0.39 is 11.6 Å². The number of halogens is 2. The number of nitro groups is 1. The van der Waals surface area contributed by atoms with E-state index in [2.05, 4.69) is 10.2 Å². The molecule has 28 heavy (non-hydrogen) atoms. The smallest absolute Gasteiger partial charge is 0.292 e. The van der Waals surface area contributed by atoms with Gasteiger partial charge in [0.1, 0.15) is 5.69 Å². The highest BCUT2D eigenvalue weighted by atomic mass is 19.2. The molecule has 1 heterocycles. The van der Waals surface area contributed by atoms with Crippen molar-refractivity contribution in [2.75, 3.05) is 42.9 Å². The molecule has 0 atom stereocenters. The first-order chi connectivity index (χ1) is 13.4. The number of carbonyl (C=O) groups is 1. The first-order valence-corrected chi connectivity index (χ1v) is 8.89. The van der Waals surface area contributed by atoms with Crippen molar-refractivity contribution >= 4 is 23.0 Å². The Kier molecular flexibility index (Phi) is 6.15. The van der Waals surface area contributed by atoms with E-state index in [0.717, 1.165) is 12.1 Å². The summed E-state index contributed by atoms with van der Waals surface area (Å²) in [5.41, 5.74) is 0.898. The van der Waals surface area contributed by atoms with Gasteiger partial charge in [-0.1, -0.05) is 12.1 Å². The summed E-state index contributed by atoms with van der Waals surface area (Å²) >= 11 is 0. The number of amides is 1. The van der Waals surface area contributed by atoms with Gasteiger partial charge in [-0.2, -0.15) is 0 Å². The van der Waals surface area contributed by atoms with Crippen LogP contribution in [0.2, 0.25) is 0 Å². The summed E-state index contributed by atoms with van der Waals surface area (Å²) in [4.78, 5) is 26.9. The third-order valence-electron chi connectivity index (χ3n) is 4.65. The molecule has 0 unspecified atom stereocenters. The zero-order valence-electron chi connectivity index (χ0n) is 15.1. The second kappa shape index (κ2) is 8.75. The molecule has 9 heteroatoms. The molecule has 0 saturated carbocycles. The lowest BCUT2D eigenvalue weighted by molar-refractivity contribution is -0.384. The molecule has 0 bridgehead atoms. The molecule has 7 nitrogen and oxygen atoms in total. The van der Waals surface area contributed by atoms with Crippen molar-refractivity contribution in [3.05, 3.63) is 64.2 Å². The molecule has 148 valence electrons. The van der Waals surface area contributed by atoms with E-state index in [1.807, 2.05) is 4.90 Å². The average molecular weight is 390 g/mol. The maximum absolute atomic E-state index is 13.2. The van der Waals surface area contributed by atoms with E-state index in [4.69, 9.17) is 0 Å². The van der Waals surface area contributed by atoms with E-state index in [-0.39, 0.29) is 28.6 Å². The maximum atomic E-state index is 13.2. The van der Waals surface area contributed by atoms with Crippen LogP contribution >= 0.6 is 0 Å². The molecule has 0 aliphatic carbocycles. The topological polar surface area (TPSA) is 78.7 Å². The lowest BCUT2D eigenvalue weighted by atomic mass is 10.2. The Morgan fingerprint density at radius 1 is 1.07 bits per heavy atom. The number of para-hydroxylation sites is 2. The van der Waals surface area contributed by atoms with Crippen molar-refractivity contribution in [1.82, 2.24) is 4.90 Å². The molecule has 0 aromatic heterocycles. The number of rotatable bonds is 6.